The first-order valence-electron chi connectivity index (χ1n) is 7.38. The predicted octanol–water partition coefficient (Wildman–Crippen LogP) is 1.89. The minimum Gasteiger partial charge on any atom is -0.365 e. The average molecular weight is 360 g/mol. The minimum absolute atomic E-state index is 0.00851. The summed E-state index contributed by atoms with van der Waals surface area (Å²) in [7, 11) is -3.84. The minimum atomic E-state index is -3.84. The summed E-state index contributed by atoms with van der Waals surface area (Å²) in [5.41, 5.74) is 1.33. The van der Waals surface area contributed by atoms with Crippen molar-refractivity contribution in [1.82, 2.24) is 20.3 Å². The summed E-state index contributed by atoms with van der Waals surface area (Å²) in [6, 6.07) is 6.93. The maximum Gasteiger partial charge on any atom is 0.268 e. The second-order valence-corrected chi connectivity index (χ2v) is 6.89. The van der Waals surface area contributed by atoms with Crippen molar-refractivity contribution in [2.24, 2.45) is 0 Å². The Balaban J connectivity index is 1.68. The van der Waals surface area contributed by atoms with Crippen LogP contribution in [-0.4, -0.2) is 28.8 Å². The molecule has 3 aromatic rings. The molecule has 10 heteroatoms. The number of aromatic nitrogens is 4. The third-order valence-corrected chi connectivity index (χ3v) is 4.96. The van der Waals surface area contributed by atoms with Crippen molar-refractivity contribution in [3.05, 3.63) is 53.7 Å². The van der Waals surface area contributed by atoms with E-state index in [4.69, 9.17) is 4.52 Å². The van der Waals surface area contributed by atoms with Crippen molar-refractivity contribution in [3.8, 4) is 0 Å². The first-order valence-corrected chi connectivity index (χ1v) is 8.86. The van der Waals surface area contributed by atoms with E-state index in [9.17, 15) is 8.42 Å². The summed E-state index contributed by atoms with van der Waals surface area (Å²) in [5.74, 6) is 0.847. The SMILES string of the molecule is Cc1noc(C)c1S(=O)(=O)Nc1ccc(NCc2ccncc2)nn1. The number of sulfonamides is 1. The van der Waals surface area contributed by atoms with Gasteiger partial charge in [0.2, 0.25) is 0 Å². The van der Waals surface area contributed by atoms with Gasteiger partial charge in [-0.3, -0.25) is 9.71 Å². The molecule has 2 N–H and O–H groups in total. The molecular formula is C15H16N6O3S. The number of rotatable bonds is 6. The van der Waals surface area contributed by atoms with Crippen LogP contribution in [0.25, 0.3) is 0 Å². The lowest BCUT2D eigenvalue weighted by Gasteiger charge is -2.08. The van der Waals surface area contributed by atoms with E-state index in [1.807, 2.05) is 12.1 Å². The molecule has 3 heterocycles. The van der Waals surface area contributed by atoms with Gasteiger partial charge in [-0.25, -0.2) is 8.42 Å². The fourth-order valence-corrected chi connectivity index (χ4v) is 3.55. The molecule has 0 bridgehead atoms. The number of nitrogens with one attached hydrogen (secondary N) is 2. The fourth-order valence-electron chi connectivity index (χ4n) is 2.22. The first-order chi connectivity index (χ1) is 12.0. The lowest BCUT2D eigenvalue weighted by Crippen LogP contribution is -2.16. The lowest BCUT2D eigenvalue weighted by molar-refractivity contribution is 0.390. The normalized spacial score (nSPS) is 11.3. The van der Waals surface area contributed by atoms with Gasteiger partial charge in [0.25, 0.3) is 10.0 Å². The number of anilines is 2. The molecule has 0 aliphatic carbocycles. The third-order valence-electron chi connectivity index (χ3n) is 3.36. The summed E-state index contributed by atoms with van der Waals surface area (Å²) < 4.78 is 32.1. The van der Waals surface area contributed by atoms with Crippen LogP contribution in [0.5, 0.6) is 0 Å². The van der Waals surface area contributed by atoms with Crippen LogP contribution in [0.2, 0.25) is 0 Å². The standard InChI is InChI=1S/C15H16N6O3S/c1-10-15(11(2)24-20-10)25(22,23)21-14-4-3-13(18-19-14)17-9-12-5-7-16-8-6-12/h3-8H,9H2,1-2H3,(H,17,18)(H,19,21). The van der Waals surface area contributed by atoms with Gasteiger partial charge in [-0.05, 0) is 43.7 Å². The average Bonchev–Trinajstić information content (AvgIpc) is 2.94. The molecule has 0 aliphatic heterocycles. The van der Waals surface area contributed by atoms with Crippen LogP contribution < -0.4 is 10.0 Å². The summed E-state index contributed by atoms with van der Waals surface area (Å²) in [6.45, 7) is 3.65. The van der Waals surface area contributed by atoms with E-state index in [1.54, 1.807) is 25.4 Å². The highest BCUT2D eigenvalue weighted by Gasteiger charge is 2.24. The molecular weight excluding hydrogens is 344 g/mol. The zero-order valence-corrected chi connectivity index (χ0v) is 14.4. The zero-order chi connectivity index (χ0) is 17.9. The first kappa shape index (κ1) is 16.8. The lowest BCUT2D eigenvalue weighted by atomic mass is 10.3. The van der Waals surface area contributed by atoms with Gasteiger partial charge in [0.05, 0.1) is 0 Å². The number of hydrogen-bond acceptors (Lipinski definition) is 8. The molecule has 0 aliphatic rings. The highest BCUT2D eigenvalue weighted by molar-refractivity contribution is 7.92. The van der Waals surface area contributed by atoms with Crippen molar-refractivity contribution in [3.63, 3.8) is 0 Å². The van der Waals surface area contributed by atoms with Crippen molar-refractivity contribution < 1.29 is 12.9 Å². The maximum atomic E-state index is 12.4. The molecule has 0 aromatic carbocycles. The van der Waals surface area contributed by atoms with E-state index in [-0.39, 0.29) is 22.2 Å². The maximum absolute atomic E-state index is 12.4. The molecule has 130 valence electrons. The number of pyridine rings is 1. The Morgan fingerprint density at radius 1 is 1.04 bits per heavy atom. The largest absolute Gasteiger partial charge is 0.365 e. The van der Waals surface area contributed by atoms with E-state index in [0.29, 0.717) is 12.4 Å². The molecule has 0 saturated carbocycles. The quantitative estimate of drug-likeness (QED) is 0.683. The Kier molecular flexibility index (Phi) is 4.61. The van der Waals surface area contributed by atoms with E-state index < -0.39 is 10.0 Å². The van der Waals surface area contributed by atoms with Crippen LogP contribution in [-0.2, 0) is 16.6 Å². The summed E-state index contributed by atoms with van der Waals surface area (Å²) in [6.07, 6.45) is 3.41. The van der Waals surface area contributed by atoms with Gasteiger partial charge in [-0.15, -0.1) is 10.2 Å². The Morgan fingerprint density at radius 3 is 2.32 bits per heavy atom. The predicted molar refractivity (Wildman–Crippen MR) is 90.4 cm³/mol. The summed E-state index contributed by atoms with van der Waals surface area (Å²) in [5, 5.41) is 14.6. The van der Waals surface area contributed by atoms with Gasteiger partial charge in [-0.2, -0.15) is 0 Å². The van der Waals surface area contributed by atoms with Gasteiger partial charge in [0.1, 0.15) is 11.5 Å². The summed E-state index contributed by atoms with van der Waals surface area (Å²) in [4.78, 5) is 3.96. The molecule has 9 nitrogen and oxygen atoms in total. The van der Waals surface area contributed by atoms with Crippen molar-refractivity contribution >= 4 is 21.7 Å². The highest BCUT2D eigenvalue weighted by Crippen LogP contribution is 2.21. The second kappa shape index (κ2) is 6.85. The smallest absolute Gasteiger partial charge is 0.268 e. The third kappa shape index (κ3) is 3.91. The topological polar surface area (TPSA) is 123 Å². The molecule has 25 heavy (non-hydrogen) atoms. The van der Waals surface area contributed by atoms with Crippen molar-refractivity contribution in [2.75, 3.05) is 10.0 Å². The van der Waals surface area contributed by atoms with E-state index in [1.165, 1.54) is 13.0 Å². The van der Waals surface area contributed by atoms with E-state index >= 15 is 0 Å². The molecule has 0 atom stereocenters. The molecule has 3 rings (SSSR count). The van der Waals surface area contributed by atoms with Gasteiger partial charge in [0.15, 0.2) is 16.5 Å². The van der Waals surface area contributed by atoms with Crippen LogP contribution in [0.1, 0.15) is 17.0 Å². The van der Waals surface area contributed by atoms with Gasteiger partial charge in [-0.1, -0.05) is 5.16 Å². The van der Waals surface area contributed by atoms with E-state index in [0.717, 1.165) is 5.56 Å². The molecule has 3 aromatic heterocycles. The molecule has 0 saturated heterocycles. The van der Waals surface area contributed by atoms with Crippen molar-refractivity contribution in [1.29, 1.82) is 0 Å². The van der Waals surface area contributed by atoms with Crippen LogP contribution in [0.3, 0.4) is 0 Å². The van der Waals surface area contributed by atoms with Crippen LogP contribution in [0.4, 0.5) is 11.6 Å². The molecule has 0 radical (unpaired) electrons. The Morgan fingerprint density at radius 2 is 1.72 bits per heavy atom. The number of hydrogen-bond donors (Lipinski definition) is 2. The van der Waals surface area contributed by atoms with Crippen molar-refractivity contribution in [2.45, 2.75) is 25.3 Å². The molecule has 0 spiro atoms. The van der Waals surface area contributed by atoms with E-state index in [2.05, 4.69) is 30.4 Å². The molecule has 0 unspecified atom stereocenters. The fraction of sp³-hybridized carbons (Fsp3) is 0.200. The highest BCUT2D eigenvalue weighted by atomic mass is 32.2. The monoisotopic (exact) mass is 360 g/mol. The molecule has 0 amide bonds. The molecule has 0 fully saturated rings. The Bertz CT molecular complexity index is 935. The van der Waals surface area contributed by atoms with Crippen LogP contribution in [0.15, 0.2) is 46.1 Å². The van der Waals surface area contributed by atoms with Crippen LogP contribution >= 0.6 is 0 Å². The number of nitrogens with zero attached hydrogens (tertiary/aromatic N) is 4. The summed E-state index contributed by atoms with van der Waals surface area (Å²) >= 11 is 0. The second-order valence-electron chi connectivity index (χ2n) is 5.27. The Hall–Kier alpha value is -3.01. The van der Waals surface area contributed by atoms with Gasteiger partial charge in [0, 0.05) is 18.9 Å². The Labute approximate surface area is 144 Å². The zero-order valence-electron chi connectivity index (χ0n) is 13.6. The van der Waals surface area contributed by atoms with Crippen LogP contribution in [0, 0.1) is 13.8 Å². The number of aryl methyl sites for hydroxylation is 2. The van der Waals surface area contributed by atoms with Gasteiger partial charge >= 0.3 is 0 Å². The van der Waals surface area contributed by atoms with Gasteiger partial charge < -0.3 is 9.84 Å².